The molecule has 0 saturated heterocycles. The van der Waals surface area contributed by atoms with E-state index in [1.807, 2.05) is 54.6 Å². The van der Waals surface area contributed by atoms with Crippen molar-refractivity contribution in [3.63, 3.8) is 0 Å². The van der Waals surface area contributed by atoms with E-state index in [0.717, 1.165) is 26.9 Å². The van der Waals surface area contributed by atoms with Crippen LogP contribution in [0.2, 0.25) is 10.0 Å². The van der Waals surface area contributed by atoms with Crippen LogP contribution < -0.4 is 10.2 Å². The molecular formula is C22H17BrCl2N4OS. The standard InChI is InChI=1S/C22H17BrCl2N4OS/c23-17-7-9-20(30-13-15-6-8-18(24)11-19(15)25)16(10-17)12-26-29-21(27-28-22(29)31)14-4-2-1-3-5-14/h1-11,26H,12-13H2,(H,28,31). The van der Waals surface area contributed by atoms with Crippen molar-refractivity contribution in [3.8, 4) is 17.1 Å². The Balaban J connectivity index is 1.54. The molecule has 9 heteroatoms. The zero-order chi connectivity index (χ0) is 21.8. The largest absolute Gasteiger partial charge is 0.488 e. The van der Waals surface area contributed by atoms with E-state index in [9.17, 15) is 0 Å². The Bertz CT molecular complexity index is 1260. The van der Waals surface area contributed by atoms with Crippen molar-refractivity contribution in [3.05, 3.63) is 97.1 Å². The Kier molecular flexibility index (Phi) is 6.97. The van der Waals surface area contributed by atoms with Crippen LogP contribution in [0.15, 0.2) is 71.2 Å². The smallest absolute Gasteiger partial charge is 0.214 e. The van der Waals surface area contributed by atoms with Gasteiger partial charge in [0.15, 0.2) is 5.82 Å². The van der Waals surface area contributed by atoms with E-state index in [1.165, 1.54) is 0 Å². The lowest BCUT2D eigenvalue weighted by molar-refractivity contribution is 0.303. The van der Waals surface area contributed by atoms with E-state index in [1.54, 1.807) is 16.8 Å². The third kappa shape index (κ3) is 5.30. The molecule has 0 aliphatic carbocycles. The molecule has 1 aromatic heterocycles. The highest BCUT2D eigenvalue weighted by molar-refractivity contribution is 9.10. The summed E-state index contributed by atoms with van der Waals surface area (Å²) < 4.78 is 9.24. The maximum Gasteiger partial charge on any atom is 0.214 e. The van der Waals surface area contributed by atoms with Crippen LogP contribution >= 0.6 is 51.3 Å². The van der Waals surface area contributed by atoms with Crippen molar-refractivity contribution in [2.75, 3.05) is 5.43 Å². The molecule has 0 aliphatic heterocycles. The predicted octanol–water partition coefficient (Wildman–Crippen LogP) is 7.00. The molecule has 0 saturated carbocycles. The number of hydrogen-bond donors (Lipinski definition) is 2. The highest BCUT2D eigenvalue weighted by atomic mass is 79.9. The van der Waals surface area contributed by atoms with E-state index in [-0.39, 0.29) is 0 Å². The third-order valence-electron chi connectivity index (χ3n) is 4.55. The van der Waals surface area contributed by atoms with Crippen LogP contribution in [0.4, 0.5) is 0 Å². The van der Waals surface area contributed by atoms with Gasteiger partial charge in [0.25, 0.3) is 0 Å². The first kappa shape index (κ1) is 21.9. The summed E-state index contributed by atoms with van der Waals surface area (Å²) in [5, 5.41) is 8.35. The normalized spacial score (nSPS) is 10.8. The van der Waals surface area contributed by atoms with E-state index in [2.05, 4.69) is 31.6 Å². The molecule has 0 fully saturated rings. The molecule has 0 bridgehead atoms. The molecule has 0 amide bonds. The Morgan fingerprint density at radius 1 is 1.03 bits per heavy atom. The molecule has 0 unspecified atom stereocenters. The summed E-state index contributed by atoms with van der Waals surface area (Å²) in [7, 11) is 0. The van der Waals surface area contributed by atoms with Gasteiger partial charge in [-0.1, -0.05) is 75.5 Å². The first-order valence-corrected chi connectivity index (χ1v) is 11.3. The molecule has 3 aromatic carbocycles. The second kappa shape index (κ2) is 9.87. The van der Waals surface area contributed by atoms with Crippen molar-refractivity contribution in [1.29, 1.82) is 0 Å². The lowest BCUT2D eigenvalue weighted by atomic mass is 10.2. The van der Waals surface area contributed by atoms with Crippen LogP contribution in [0.3, 0.4) is 0 Å². The maximum atomic E-state index is 6.27. The van der Waals surface area contributed by atoms with Gasteiger partial charge in [0.2, 0.25) is 4.77 Å². The molecule has 31 heavy (non-hydrogen) atoms. The van der Waals surface area contributed by atoms with E-state index >= 15 is 0 Å². The molecule has 2 N–H and O–H groups in total. The van der Waals surface area contributed by atoms with Gasteiger partial charge in [-0.2, -0.15) is 5.10 Å². The molecule has 0 radical (unpaired) electrons. The SMILES string of the molecule is S=c1[nH]nc(-c2ccccc2)n1NCc1cc(Br)ccc1OCc1ccc(Cl)cc1Cl. The van der Waals surface area contributed by atoms with Crippen molar-refractivity contribution >= 4 is 51.3 Å². The van der Waals surface area contributed by atoms with Crippen LogP contribution in [0.1, 0.15) is 11.1 Å². The fourth-order valence-electron chi connectivity index (χ4n) is 3.01. The van der Waals surface area contributed by atoms with Crippen molar-refractivity contribution < 1.29 is 4.74 Å². The van der Waals surface area contributed by atoms with Gasteiger partial charge in [0.05, 0.1) is 6.54 Å². The Hall–Kier alpha value is -2.32. The molecular weight excluding hydrogens is 519 g/mol. The molecule has 158 valence electrons. The fourth-order valence-corrected chi connectivity index (χ4v) is 4.08. The molecule has 0 atom stereocenters. The quantitative estimate of drug-likeness (QED) is 0.250. The van der Waals surface area contributed by atoms with Gasteiger partial charge in [-0.25, -0.2) is 9.77 Å². The molecule has 0 aliphatic rings. The van der Waals surface area contributed by atoms with Crippen LogP contribution in [-0.4, -0.2) is 14.9 Å². The summed E-state index contributed by atoms with van der Waals surface area (Å²) in [5.41, 5.74) is 6.09. The summed E-state index contributed by atoms with van der Waals surface area (Å²) >= 11 is 21.2. The summed E-state index contributed by atoms with van der Waals surface area (Å²) in [6.07, 6.45) is 0. The Labute approximate surface area is 203 Å². The molecule has 1 heterocycles. The summed E-state index contributed by atoms with van der Waals surface area (Å²) in [6.45, 7) is 0.793. The number of rotatable bonds is 7. The fraction of sp³-hybridized carbons (Fsp3) is 0.0909. The van der Waals surface area contributed by atoms with Crippen LogP contribution in [0.25, 0.3) is 11.4 Å². The van der Waals surface area contributed by atoms with Gasteiger partial charge in [-0.05, 0) is 42.5 Å². The number of nitrogens with one attached hydrogen (secondary N) is 2. The topological polar surface area (TPSA) is 54.9 Å². The first-order chi connectivity index (χ1) is 15.0. The average molecular weight is 536 g/mol. The van der Waals surface area contributed by atoms with Crippen LogP contribution in [-0.2, 0) is 13.2 Å². The van der Waals surface area contributed by atoms with Crippen molar-refractivity contribution in [2.24, 2.45) is 0 Å². The predicted molar refractivity (Wildman–Crippen MR) is 131 cm³/mol. The number of nitrogens with zero attached hydrogens (tertiary/aromatic N) is 2. The van der Waals surface area contributed by atoms with Crippen molar-refractivity contribution in [2.45, 2.75) is 13.2 Å². The highest BCUT2D eigenvalue weighted by Crippen LogP contribution is 2.27. The lowest BCUT2D eigenvalue weighted by Gasteiger charge is -2.15. The maximum absolute atomic E-state index is 6.27. The number of aromatic nitrogens is 3. The number of ether oxygens (including phenoxy) is 1. The monoisotopic (exact) mass is 534 g/mol. The van der Waals surface area contributed by atoms with E-state index in [4.69, 9.17) is 40.2 Å². The lowest BCUT2D eigenvalue weighted by Crippen LogP contribution is -2.16. The summed E-state index contributed by atoms with van der Waals surface area (Å²) in [4.78, 5) is 0. The minimum Gasteiger partial charge on any atom is -0.488 e. The second-order valence-electron chi connectivity index (χ2n) is 6.67. The number of H-pyrrole nitrogens is 1. The molecule has 0 spiro atoms. The number of aromatic amines is 1. The second-order valence-corrected chi connectivity index (χ2v) is 8.81. The molecule has 4 aromatic rings. The summed E-state index contributed by atoms with van der Waals surface area (Å²) in [6, 6.07) is 21.0. The number of benzene rings is 3. The minimum absolute atomic E-state index is 0.324. The first-order valence-electron chi connectivity index (χ1n) is 9.33. The van der Waals surface area contributed by atoms with E-state index < -0.39 is 0 Å². The summed E-state index contributed by atoms with van der Waals surface area (Å²) in [5.74, 6) is 1.44. The zero-order valence-corrected chi connectivity index (χ0v) is 20.0. The van der Waals surface area contributed by atoms with Gasteiger partial charge in [0.1, 0.15) is 12.4 Å². The molecule has 5 nitrogen and oxygen atoms in total. The molecule has 4 rings (SSSR count). The number of halogens is 3. The average Bonchev–Trinajstić information content (AvgIpc) is 3.13. The highest BCUT2D eigenvalue weighted by Gasteiger charge is 2.11. The van der Waals surface area contributed by atoms with Gasteiger partial charge in [-0.3, -0.25) is 0 Å². The Morgan fingerprint density at radius 2 is 1.84 bits per heavy atom. The van der Waals surface area contributed by atoms with E-state index in [0.29, 0.717) is 33.8 Å². The third-order valence-corrected chi connectivity index (χ3v) is 5.91. The van der Waals surface area contributed by atoms with Gasteiger partial charge < -0.3 is 10.2 Å². The van der Waals surface area contributed by atoms with Crippen LogP contribution in [0, 0.1) is 4.77 Å². The zero-order valence-electron chi connectivity index (χ0n) is 16.1. The minimum atomic E-state index is 0.324. The number of hydrogen-bond acceptors (Lipinski definition) is 4. The Morgan fingerprint density at radius 3 is 2.61 bits per heavy atom. The van der Waals surface area contributed by atoms with Gasteiger partial charge in [-0.15, -0.1) is 0 Å². The van der Waals surface area contributed by atoms with Gasteiger partial charge >= 0.3 is 0 Å². The van der Waals surface area contributed by atoms with Crippen LogP contribution in [0.5, 0.6) is 5.75 Å². The van der Waals surface area contributed by atoms with Gasteiger partial charge in [0, 0.05) is 31.2 Å². The van der Waals surface area contributed by atoms with Crippen molar-refractivity contribution in [1.82, 2.24) is 14.9 Å².